The van der Waals surface area contributed by atoms with Crippen molar-refractivity contribution in [3.8, 4) is 11.8 Å². The van der Waals surface area contributed by atoms with Gasteiger partial charge in [-0.05, 0) is 64.1 Å². The molecule has 0 aliphatic heterocycles. The first kappa shape index (κ1) is 18.8. The fourth-order valence-corrected chi connectivity index (χ4v) is 3.15. The van der Waals surface area contributed by atoms with Crippen LogP contribution in [0.5, 0.6) is 0 Å². The molecular weight excluding hydrogens is 328 g/mol. The average Bonchev–Trinajstić information content (AvgIpc) is 2.68. The molecule has 0 saturated heterocycles. The highest BCUT2D eigenvalue weighted by Gasteiger charge is 2.03. The Bertz CT molecular complexity index is 982. The Hall–Kier alpha value is -2.98. The zero-order chi connectivity index (χ0) is 19.1. The van der Waals surface area contributed by atoms with Crippen molar-refractivity contribution in [2.24, 2.45) is 0 Å². The van der Waals surface area contributed by atoms with Crippen LogP contribution >= 0.6 is 0 Å². The summed E-state index contributed by atoms with van der Waals surface area (Å²) in [6.07, 6.45) is 5.37. The summed E-state index contributed by atoms with van der Waals surface area (Å²) in [4.78, 5) is 0. The first-order valence-electron chi connectivity index (χ1n) is 9.44. The molecule has 1 nitrogen and oxygen atoms in total. The average molecular weight is 354 g/mol. The molecule has 0 radical (unpaired) electrons. The fourth-order valence-electron chi connectivity index (χ4n) is 3.15. The Kier molecular flexibility index (Phi) is 6.34. The van der Waals surface area contributed by atoms with Crippen molar-refractivity contribution in [2.45, 2.75) is 32.6 Å². The quantitative estimate of drug-likeness (QED) is 0.388. The zero-order valence-corrected chi connectivity index (χ0v) is 16.3. The summed E-state index contributed by atoms with van der Waals surface area (Å²) < 4.78 is 5.05. The standard InChI is InChI=1S/C26H26O/c1-20(2)22-15-13-21(14-16-22)8-6-11-25-18-23-9-4-5-10-24(23)19-26(25)12-7-17-27-3/h4-5,7,9-10,13-20H,11-12H2,1-3H3/b17-7+. The molecule has 3 rings (SSSR count). The molecule has 0 spiro atoms. The number of methoxy groups -OCH3 is 1. The van der Waals surface area contributed by atoms with E-state index in [4.69, 9.17) is 4.74 Å². The summed E-state index contributed by atoms with van der Waals surface area (Å²) in [7, 11) is 1.67. The summed E-state index contributed by atoms with van der Waals surface area (Å²) in [5.41, 5.74) is 5.00. The van der Waals surface area contributed by atoms with Crippen LogP contribution in [0.15, 0.2) is 73.0 Å². The molecule has 0 unspecified atom stereocenters. The van der Waals surface area contributed by atoms with E-state index >= 15 is 0 Å². The highest BCUT2D eigenvalue weighted by molar-refractivity contribution is 5.84. The third-order valence-electron chi connectivity index (χ3n) is 4.73. The molecule has 0 aromatic heterocycles. The minimum Gasteiger partial charge on any atom is -0.505 e. The summed E-state index contributed by atoms with van der Waals surface area (Å²) in [6, 6.07) is 21.6. The summed E-state index contributed by atoms with van der Waals surface area (Å²) in [5.74, 6) is 7.21. The van der Waals surface area contributed by atoms with Crippen molar-refractivity contribution >= 4 is 10.8 Å². The molecule has 0 aliphatic rings. The SMILES string of the molecule is CO/C=C/Cc1cc2ccccc2cc1CC#Cc1ccc(C(C)C)cc1. The van der Waals surface area contributed by atoms with Gasteiger partial charge < -0.3 is 4.74 Å². The molecule has 0 heterocycles. The van der Waals surface area contributed by atoms with Crippen LogP contribution in [0.25, 0.3) is 10.8 Å². The van der Waals surface area contributed by atoms with Crippen molar-refractivity contribution in [3.05, 3.63) is 95.3 Å². The van der Waals surface area contributed by atoms with E-state index in [0.29, 0.717) is 5.92 Å². The molecule has 0 atom stereocenters. The normalized spacial score (nSPS) is 11.0. The largest absolute Gasteiger partial charge is 0.505 e. The van der Waals surface area contributed by atoms with E-state index in [-0.39, 0.29) is 0 Å². The molecule has 136 valence electrons. The summed E-state index contributed by atoms with van der Waals surface area (Å²) in [6.45, 7) is 4.42. The van der Waals surface area contributed by atoms with Crippen LogP contribution in [0.4, 0.5) is 0 Å². The van der Waals surface area contributed by atoms with Crippen molar-refractivity contribution in [1.29, 1.82) is 0 Å². The van der Waals surface area contributed by atoms with E-state index in [1.165, 1.54) is 27.5 Å². The first-order chi connectivity index (χ1) is 13.2. The number of allylic oxidation sites excluding steroid dienone is 1. The Morgan fingerprint density at radius 2 is 1.59 bits per heavy atom. The van der Waals surface area contributed by atoms with Gasteiger partial charge in [0.05, 0.1) is 13.4 Å². The maximum Gasteiger partial charge on any atom is 0.0788 e. The molecule has 0 N–H and O–H groups in total. The van der Waals surface area contributed by atoms with Gasteiger partial charge in [0.15, 0.2) is 0 Å². The van der Waals surface area contributed by atoms with E-state index in [2.05, 4.69) is 86.4 Å². The number of hydrogen-bond acceptors (Lipinski definition) is 1. The maximum atomic E-state index is 5.05. The van der Waals surface area contributed by atoms with Crippen molar-refractivity contribution in [2.75, 3.05) is 7.11 Å². The molecule has 0 aliphatic carbocycles. The minimum absolute atomic E-state index is 0.548. The highest BCUT2D eigenvalue weighted by atomic mass is 16.5. The highest BCUT2D eigenvalue weighted by Crippen LogP contribution is 2.21. The van der Waals surface area contributed by atoms with Crippen molar-refractivity contribution < 1.29 is 4.74 Å². The lowest BCUT2D eigenvalue weighted by Gasteiger charge is -2.08. The predicted octanol–water partition coefficient (Wildman–Crippen LogP) is 6.26. The lowest BCUT2D eigenvalue weighted by molar-refractivity contribution is 0.337. The molecule has 3 aromatic rings. The molecule has 1 heteroatoms. The molecule has 0 saturated carbocycles. The van der Waals surface area contributed by atoms with E-state index in [1.54, 1.807) is 13.4 Å². The Morgan fingerprint density at radius 1 is 0.926 bits per heavy atom. The minimum atomic E-state index is 0.548. The second kappa shape index (κ2) is 9.10. The van der Waals surface area contributed by atoms with Gasteiger partial charge in [-0.1, -0.05) is 68.2 Å². The van der Waals surface area contributed by atoms with Crippen LogP contribution < -0.4 is 0 Å². The van der Waals surface area contributed by atoms with Gasteiger partial charge in [-0.15, -0.1) is 0 Å². The lowest BCUT2D eigenvalue weighted by Crippen LogP contribution is -1.93. The smallest absolute Gasteiger partial charge is 0.0788 e. The molecule has 0 fully saturated rings. The van der Waals surface area contributed by atoms with Gasteiger partial charge in [0.2, 0.25) is 0 Å². The van der Waals surface area contributed by atoms with Gasteiger partial charge in [-0.3, -0.25) is 0 Å². The third-order valence-corrected chi connectivity index (χ3v) is 4.73. The van der Waals surface area contributed by atoms with Gasteiger partial charge in [0.1, 0.15) is 0 Å². The monoisotopic (exact) mass is 354 g/mol. The van der Waals surface area contributed by atoms with Crippen molar-refractivity contribution in [1.82, 2.24) is 0 Å². The van der Waals surface area contributed by atoms with E-state index < -0.39 is 0 Å². The molecular formula is C26H26O. The van der Waals surface area contributed by atoms with Crippen LogP contribution in [0.2, 0.25) is 0 Å². The Balaban J connectivity index is 1.84. The van der Waals surface area contributed by atoms with Crippen LogP contribution in [-0.4, -0.2) is 7.11 Å². The predicted molar refractivity (Wildman–Crippen MR) is 115 cm³/mol. The zero-order valence-electron chi connectivity index (χ0n) is 16.3. The van der Waals surface area contributed by atoms with Gasteiger partial charge in [0, 0.05) is 12.0 Å². The Labute approximate surface area is 162 Å². The van der Waals surface area contributed by atoms with Gasteiger partial charge >= 0.3 is 0 Å². The number of fused-ring (bicyclic) bond motifs is 1. The van der Waals surface area contributed by atoms with Crippen molar-refractivity contribution in [3.63, 3.8) is 0 Å². The third kappa shape index (κ3) is 5.02. The molecule has 3 aromatic carbocycles. The molecule has 0 bridgehead atoms. The molecule has 0 amide bonds. The number of hydrogen-bond donors (Lipinski definition) is 0. The maximum absolute atomic E-state index is 5.05. The summed E-state index contributed by atoms with van der Waals surface area (Å²) >= 11 is 0. The topological polar surface area (TPSA) is 9.23 Å². The van der Waals surface area contributed by atoms with Crippen LogP contribution in [-0.2, 0) is 17.6 Å². The second-order valence-corrected chi connectivity index (χ2v) is 7.03. The van der Waals surface area contributed by atoms with Crippen LogP contribution in [0, 0.1) is 11.8 Å². The number of ether oxygens (including phenoxy) is 1. The lowest BCUT2D eigenvalue weighted by atomic mass is 9.96. The molecule has 27 heavy (non-hydrogen) atoms. The van der Waals surface area contributed by atoms with E-state index in [9.17, 15) is 0 Å². The summed E-state index contributed by atoms with van der Waals surface area (Å²) in [5, 5.41) is 2.52. The van der Waals surface area contributed by atoms with Gasteiger partial charge in [-0.2, -0.15) is 0 Å². The van der Waals surface area contributed by atoms with E-state index in [1.807, 2.05) is 6.08 Å². The Morgan fingerprint density at radius 3 is 2.22 bits per heavy atom. The van der Waals surface area contributed by atoms with Gasteiger partial charge in [0.25, 0.3) is 0 Å². The van der Waals surface area contributed by atoms with Gasteiger partial charge in [-0.25, -0.2) is 0 Å². The van der Waals surface area contributed by atoms with Crippen LogP contribution in [0.3, 0.4) is 0 Å². The van der Waals surface area contributed by atoms with E-state index in [0.717, 1.165) is 18.4 Å². The van der Waals surface area contributed by atoms with Crippen LogP contribution in [0.1, 0.15) is 42.0 Å². The second-order valence-electron chi connectivity index (χ2n) is 7.03. The number of benzene rings is 3. The first-order valence-corrected chi connectivity index (χ1v) is 9.44. The number of rotatable bonds is 5. The fraction of sp³-hybridized carbons (Fsp3) is 0.231.